The number of nitrogens with one attached hydrogen (secondary N) is 1. The third-order valence-electron chi connectivity index (χ3n) is 3.23. The summed E-state index contributed by atoms with van der Waals surface area (Å²) in [7, 11) is 1.94. The highest BCUT2D eigenvalue weighted by atomic mass is 14.9. The van der Waals surface area contributed by atoms with Gasteiger partial charge in [-0.1, -0.05) is 20.3 Å². The molecule has 0 aromatic carbocycles. The van der Waals surface area contributed by atoms with Crippen molar-refractivity contribution >= 4 is 5.71 Å². The van der Waals surface area contributed by atoms with Crippen molar-refractivity contribution in [3.63, 3.8) is 0 Å². The molecule has 0 aromatic heterocycles. The first kappa shape index (κ1) is 13.3. The molecule has 0 radical (unpaired) electrons. The highest BCUT2D eigenvalue weighted by Crippen LogP contribution is 2.25. The van der Waals surface area contributed by atoms with E-state index >= 15 is 0 Å². The summed E-state index contributed by atoms with van der Waals surface area (Å²) in [6.07, 6.45) is 6.32. The van der Waals surface area contributed by atoms with E-state index in [0.29, 0.717) is 5.92 Å². The maximum Gasteiger partial charge on any atom is 0.0394 e. The van der Waals surface area contributed by atoms with Crippen molar-refractivity contribution in [1.82, 2.24) is 5.32 Å². The first-order valence-corrected chi connectivity index (χ1v) is 6.63. The van der Waals surface area contributed by atoms with Crippen molar-refractivity contribution in [3.05, 3.63) is 11.3 Å². The summed E-state index contributed by atoms with van der Waals surface area (Å²) < 4.78 is 0. The maximum atomic E-state index is 4.49. The van der Waals surface area contributed by atoms with E-state index in [1.54, 1.807) is 0 Å². The van der Waals surface area contributed by atoms with Gasteiger partial charge in [-0.05, 0) is 44.1 Å². The van der Waals surface area contributed by atoms with Gasteiger partial charge in [-0.25, -0.2) is 0 Å². The van der Waals surface area contributed by atoms with Crippen LogP contribution in [0.3, 0.4) is 0 Å². The smallest absolute Gasteiger partial charge is 0.0394 e. The average molecular weight is 222 g/mol. The molecule has 2 heteroatoms. The zero-order valence-electron chi connectivity index (χ0n) is 11.3. The number of hydrogen-bond acceptors (Lipinski definition) is 2. The van der Waals surface area contributed by atoms with Gasteiger partial charge in [0.1, 0.15) is 0 Å². The Balaban J connectivity index is 3.03. The Morgan fingerprint density at radius 3 is 2.50 bits per heavy atom. The summed E-state index contributed by atoms with van der Waals surface area (Å²) in [6, 6.07) is 0. The third kappa shape index (κ3) is 3.36. The van der Waals surface area contributed by atoms with Crippen LogP contribution in [0.2, 0.25) is 0 Å². The highest BCUT2D eigenvalue weighted by Gasteiger charge is 2.17. The van der Waals surface area contributed by atoms with Crippen LogP contribution < -0.4 is 5.32 Å². The molecule has 1 fully saturated rings. The second-order valence-corrected chi connectivity index (χ2v) is 4.81. The second kappa shape index (κ2) is 6.72. The van der Waals surface area contributed by atoms with Gasteiger partial charge in [0, 0.05) is 25.0 Å². The van der Waals surface area contributed by atoms with Gasteiger partial charge in [-0.2, -0.15) is 0 Å². The van der Waals surface area contributed by atoms with Gasteiger partial charge < -0.3 is 5.32 Å². The molecular weight excluding hydrogens is 196 g/mol. The fourth-order valence-electron chi connectivity index (χ4n) is 2.45. The molecule has 1 aliphatic rings. The van der Waals surface area contributed by atoms with Gasteiger partial charge in [0.15, 0.2) is 0 Å². The molecule has 0 atom stereocenters. The molecule has 0 unspecified atom stereocenters. The quantitative estimate of drug-likeness (QED) is 0.726. The number of rotatable bonds is 3. The minimum atomic E-state index is 0.574. The van der Waals surface area contributed by atoms with Gasteiger partial charge in [-0.3, -0.25) is 4.99 Å². The predicted molar refractivity (Wildman–Crippen MR) is 72.0 cm³/mol. The van der Waals surface area contributed by atoms with E-state index in [1.807, 2.05) is 7.05 Å². The van der Waals surface area contributed by atoms with Crippen LogP contribution in [0.5, 0.6) is 0 Å². The lowest BCUT2D eigenvalue weighted by Crippen LogP contribution is -2.22. The number of allylic oxidation sites excluding steroid dienone is 2. The van der Waals surface area contributed by atoms with Crippen LogP contribution in [0, 0.1) is 5.92 Å². The molecule has 0 heterocycles. The lowest BCUT2D eigenvalue weighted by molar-refractivity contribution is 0.648. The van der Waals surface area contributed by atoms with Crippen LogP contribution in [0.1, 0.15) is 52.9 Å². The maximum absolute atomic E-state index is 4.49. The van der Waals surface area contributed by atoms with E-state index < -0.39 is 0 Å². The van der Waals surface area contributed by atoms with Crippen LogP contribution in [0.4, 0.5) is 0 Å². The molecular formula is C14H26N2. The summed E-state index contributed by atoms with van der Waals surface area (Å²) in [5.41, 5.74) is 4.25. The van der Waals surface area contributed by atoms with Gasteiger partial charge in [-0.15, -0.1) is 0 Å². The summed E-state index contributed by atoms with van der Waals surface area (Å²) in [4.78, 5) is 4.49. The molecule has 0 amide bonds. The van der Waals surface area contributed by atoms with E-state index in [2.05, 4.69) is 31.1 Å². The van der Waals surface area contributed by atoms with E-state index in [4.69, 9.17) is 0 Å². The molecule has 1 saturated carbocycles. The fraction of sp³-hybridized carbons (Fsp3) is 0.786. The predicted octanol–water partition coefficient (Wildman–Crippen LogP) is 3.54. The molecule has 0 aliphatic heterocycles. The lowest BCUT2D eigenvalue weighted by atomic mass is 9.96. The Labute approximate surface area is 100 Å². The largest absolute Gasteiger partial charge is 0.388 e. The summed E-state index contributed by atoms with van der Waals surface area (Å²) in [5.74, 6) is 0.574. The zero-order chi connectivity index (χ0) is 12.0. The van der Waals surface area contributed by atoms with Crippen molar-refractivity contribution in [3.8, 4) is 0 Å². The summed E-state index contributed by atoms with van der Waals surface area (Å²) in [5, 5.41) is 3.54. The van der Waals surface area contributed by atoms with Crippen LogP contribution in [-0.4, -0.2) is 19.3 Å². The van der Waals surface area contributed by atoms with Gasteiger partial charge in [0.05, 0.1) is 0 Å². The molecule has 16 heavy (non-hydrogen) atoms. The molecule has 92 valence electrons. The summed E-state index contributed by atoms with van der Waals surface area (Å²) >= 11 is 0. The van der Waals surface area contributed by atoms with Crippen molar-refractivity contribution in [2.45, 2.75) is 52.9 Å². The van der Waals surface area contributed by atoms with E-state index in [0.717, 1.165) is 13.0 Å². The minimum absolute atomic E-state index is 0.574. The van der Waals surface area contributed by atoms with Crippen molar-refractivity contribution in [1.29, 1.82) is 0 Å². The molecule has 1 aliphatic carbocycles. The minimum Gasteiger partial charge on any atom is -0.388 e. The Morgan fingerprint density at radius 1 is 1.25 bits per heavy atom. The lowest BCUT2D eigenvalue weighted by Gasteiger charge is -2.19. The average Bonchev–Trinajstić information content (AvgIpc) is 2.50. The molecule has 1 N–H and O–H groups in total. The fourth-order valence-corrected chi connectivity index (χ4v) is 2.45. The Kier molecular flexibility index (Phi) is 5.58. The van der Waals surface area contributed by atoms with Crippen molar-refractivity contribution in [2.75, 3.05) is 13.6 Å². The van der Waals surface area contributed by atoms with Gasteiger partial charge in [0.2, 0.25) is 0 Å². The second-order valence-electron chi connectivity index (χ2n) is 4.81. The standard InChI is InChI=1S/C14H26N2/c1-5-16-14(11(2)3)12-9-7-6-8-10-13(12)15-4/h11,16H,5-10H2,1-4H3/b14-12-,15-13-. The molecule has 0 saturated heterocycles. The van der Waals surface area contributed by atoms with Crippen molar-refractivity contribution in [2.24, 2.45) is 10.9 Å². The Hall–Kier alpha value is -0.790. The van der Waals surface area contributed by atoms with Crippen LogP contribution in [0.15, 0.2) is 16.3 Å². The van der Waals surface area contributed by atoms with E-state index in [1.165, 1.54) is 42.7 Å². The molecule has 1 rings (SSSR count). The topological polar surface area (TPSA) is 24.4 Å². The third-order valence-corrected chi connectivity index (χ3v) is 3.23. The number of nitrogens with zero attached hydrogens (tertiary/aromatic N) is 1. The normalized spacial score (nSPS) is 23.4. The Bertz CT molecular complexity index is 274. The monoisotopic (exact) mass is 222 g/mol. The van der Waals surface area contributed by atoms with Gasteiger partial charge >= 0.3 is 0 Å². The molecule has 0 spiro atoms. The van der Waals surface area contributed by atoms with Crippen LogP contribution in [0.25, 0.3) is 0 Å². The molecule has 0 aromatic rings. The SMILES string of the molecule is CCN/C(=C1/CCCCC/C1=N/C)C(C)C. The van der Waals surface area contributed by atoms with Gasteiger partial charge in [0.25, 0.3) is 0 Å². The first-order valence-electron chi connectivity index (χ1n) is 6.63. The zero-order valence-corrected chi connectivity index (χ0v) is 11.3. The molecule has 0 bridgehead atoms. The van der Waals surface area contributed by atoms with E-state index in [9.17, 15) is 0 Å². The number of hydrogen-bond donors (Lipinski definition) is 1. The Morgan fingerprint density at radius 2 is 1.94 bits per heavy atom. The number of aliphatic imine (C=N–C) groups is 1. The first-order chi connectivity index (χ1) is 7.70. The van der Waals surface area contributed by atoms with E-state index in [-0.39, 0.29) is 0 Å². The summed E-state index contributed by atoms with van der Waals surface area (Å²) in [6.45, 7) is 7.71. The van der Waals surface area contributed by atoms with Crippen LogP contribution in [-0.2, 0) is 0 Å². The van der Waals surface area contributed by atoms with Crippen molar-refractivity contribution < 1.29 is 0 Å². The molecule has 2 nitrogen and oxygen atoms in total. The van der Waals surface area contributed by atoms with Crippen LogP contribution >= 0.6 is 0 Å². The highest BCUT2D eigenvalue weighted by molar-refractivity contribution is 6.00.